The summed E-state index contributed by atoms with van der Waals surface area (Å²) >= 11 is 5.74. The zero-order valence-corrected chi connectivity index (χ0v) is 9.54. The zero-order valence-electron chi connectivity index (χ0n) is 8.78. The van der Waals surface area contributed by atoms with Crippen LogP contribution in [0.15, 0.2) is 24.4 Å². The molecule has 0 fully saturated rings. The van der Waals surface area contributed by atoms with Crippen LogP contribution < -0.4 is 0 Å². The minimum absolute atomic E-state index is 0.510. The molecule has 0 aliphatic carbocycles. The number of aromatic nitrogens is 1. The van der Waals surface area contributed by atoms with Crippen LogP contribution in [0.3, 0.4) is 0 Å². The Hall–Kier alpha value is -0.600. The SMILES string of the molecule is CC(C)N(CCCl)Cc1ccccn1. The molecule has 1 heterocycles. The van der Waals surface area contributed by atoms with Crippen molar-refractivity contribution in [1.29, 1.82) is 0 Å². The van der Waals surface area contributed by atoms with Crippen LogP contribution in [0.2, 0.25) is 0 Å². The van der Waals surface area contributed by atoms with Gasteiger partial charge in [0.15, 0.2) is 0 Å². The number of nitrogens with zero attached hydrogens (tertiary/aromatic N) is 2. The summed E-state index contributed by atoms with van der Waals surface area (Å²) in [6, 6.07) is 6.51. The van der Waals surface area contributed by atoms with Gasteiger partial charge in [0.25, 0.3) is 0 Å². The quantitative estimate of drug-likeness (QED) is 0.698. The van der Waals surface area contributed by atoms with Crippen LogP contribution in [0.25, 0.3) is 0 Å². The van der Waals surface area contributed by atoms with Gasteiger partial charge >= 0.3 is 0 Å². The highest BCUT2D eigenvalue weighted by atomic mass is 35.5. The highest BCUT2D eigenvalue weighted by molar-refractivity contribution is 6.18. The number of halogens is 1. The minimum Gasteiger partial charge on any atom is -0.294 e. The molecule has 14 heavy (non-hydrogen) atoms. The maximum atomic E-state index is 5.74. The molecule has 0 bridgehead atoms. The molecular weight excluding hydrogens is 196 g/mol. The number of hydrogen-bond donors (Lipinski definition) is 0. The van der Waals surface area contributed by atoms with Gasteiger partial charge in [-0.25, -0.2) is 0 Å². The van der Waals surface area contributed by atoms with Crippen molar-refractivity contribution in [2.45, 2.75) is 26.4 Å². The van der Waals surface area contributed by atoms with Gasteiger partial charge in [0, 0.05) is 31.2 Å². The van der Waals surface area contributed by atoms with E-state index in [4.69, 9.17) is 11.6 Å². The summed E-state index contributed by atoms with van der Waals surface area (Å²) in [7, 11) is 0. The summed E-state index contributed by atoms with van der Waals surface area (Å²) in [5.74, 6) is 0.672. The van der Waals surface area contributed by atoms with Gasteiger partial charge in [0.2, 0.25) is 0 Å². The molecule has 1 aromatic rings. The van der Waals surface area contributed by atoms with Crippen molar-refractivity contribution in [2.24, 2.45) is 0 Å². The maximum Gasteiger partial charge on any atom is 0.0544 e. The fraction of sp³-hybridized carbons (Fsp3) is 0.545. The second-order valence-corrected chi connectivity index (χ2v) is 3.95. The first-order chi connectivity index (χ1) is 6.74. The van der Waals surface area contributed by atoms with Crippen LogP contribution in [0, 0.1) is 0 Å². The third kappa shape index (κ3) is 3.64. The molecule has 0 amide bonds. The highest BCUT2D eigenvalue weighted by Gasteiger charge is 2.09. The van der Waals surface area contributed by atoms with Gasteiger partial charge in [-0.3, -0.25) is 9.88 Å². The molecule has 0 saturated carbocycles. The predicted octanol–water partition coefficient (Wildman–Crippen LogP) is 2.53. The van der Waals surface area contributed by atoms with Gasteiger partial charge < -0.3 is 0 Å². The summed E-state index contributed by atoms with van der Waals surface area (Å²) in [5.41, 5.74) is 1.10. The van der Waals surface area contributed by atoms with Crippen molar-refractivity contribution in [2.75, 3.05) is 12.4 Å². The molecular formula is C11H17ClN2. The first-order valence-electron chi connectivity index (χ1n) is 4.94. The monoisotopic (exact) mass is 212 g/mol. The van der Waals surface area contributed by atoms with E-state index in [0.29, 0.717) is 11.9 Å². The van der Waals surface area contributed by atoms with Gasteiger partial charge in [-0.2, -0.15) is 0 Å². The van der Waals surface area contributed by atoms with Crippen molar-refractivity contribution in [3.8, 4) is 0 Å². The summed E-state index contributed by atoms with van der Waals surface area (Å²) in [4.78, 5) is 6.61. The Kier molecular flexibility index (Phi) is 4.91. The van der Waals surface area contributed by atoms with Gasteiger partial charge in [0.1, 0.15) is 0 Å². The van der Waals surface area contributed by atoms with Crippen LogP contribution in [0.4, 0.5) is 0 Å². The average molecular weight is 213 g/mol. The molecule has 0 aromatic carbocycles. The first kappa shape index (κ1) is 11.5. The molecule has 0 spiro atoms. The summed E-state index contributed by atoms with van der Waals surface area (Å²) in [6.45, 7) is 6.14. The smallest absolute Gasteiger partial charge is 0.0544 e. The topological polar surface area (TPSA) is 16.1 Å². The Labute approximate surface area is 90.9 Å². The van der Waals surface area contributed by atoms with E-state index in [1.54, 1.807) is 0 Å². The first-order valence-corrected chi connectivity index (χ1v) is 5.47. The molecule has 1 aromatic heterocycles. The van der Waals surface area contributed by atoms with Crippen molar-refractivity contribution in [3.63, 3.8) is 0 Å². The molecule has 0 aliphatic heterocycles. The Balaban J connectivity index is 2.55. The van der Waals surface area contributed by atoms with E-state index in [-0.39, 0.29) is 0 Å². The van der Waals surface area contributed by atoms with Gasteiger partial charge in [0.05, 0.1) is 5.69 Å². The Morgan fingerprint density at radius 2 is 2.21 bits per heavy atom. The van der Waals surface area contributed by atoms with Gasteiger partial charge in [-0.1, -0.05) is 6.07 Å². The standard InChI is InChI=1S/C11H17ClN2/c1-10(2)14(8-6-12)9-11-5-3-4-7-13-11/h3-5,7,10H,6,8-9H2,1-2H3. The third-order valence-corrected chi connectivity index (χ3v) is 2.36. The van der Waals surface area contributed by atoms with E-state index in [9.17, 15) is 0 Å². The van der Waals surface area contributed by atoms with E-state index in [1.807, 2.05) is 24.4 Å². The molecule has 78 valence electrons. The van der Waals surface area contributed by atoms with E-state index < -0.39 is 0 Å². The Bertz CT molecular complexity index is 249. The molecule has 0 aliphatic rings. The third-order valence-electron chi connectivity index (χ3n) is 2.19. The normalized spacial score (nSPS) is 11.2. The molecule has 0 saturated heterocycles. The Morgan fingerprint density at radius 1 is 1.43 bits per heavy atom. The van der Waals surface area contributed by atoms with Crippen molar-refractivity contribution < 1.29 is 0 Å². The highest BCUT2D eigenvalue weighted by Crippen LogP contribution is 2.05. The zero-order chi connectivity index (χ0) is 10.4. The molecule has 0 unspecified atom stereocenters. The van der Waals surface area contributed by atoms with Crippen LogP contribution in [0.5, 0.6) is 0 Å². The minimum atomic E-state index is 0.510. The molecule has 3 heteroatoms. The van der Waals surface area contributed by atoms with E-state index >= 15 is 0 Å². The van der Waals surface area contributed by atoms with Crippen LogP contribution in [0.1, 0.15) is 19.5 Å². The molecule has 0 N–H and O–H groups in total. The Morgan fingerprint density at radius 3 is 2.71 bits per heavy atom. The van der Waals surface area contributed by atoms with E-state index in [2.05, 4.69) is 23.7 Å². The van der Waals surface area contributed by atoms with Crippen LogP contribution in [-0.4, -0.2) is 28.4 Å². The molecule has 0 radical (unpaired) electrons. The number of hydrogen-bond acceptors (Lipinski definition) is 2. The molecule has 2 nitrogen and oxygen atoms in total. The molecule has 0 atom stereocenters. The maximum absolute atomic E-state index is 5.74. The van der Waals surface area contributed by atoms with Gasteiger partial charge in [-0.15, -0.1) is 11.6 Å². The van der Waals surface area contributed by atoms with Crippen LogP contribution in [-0.2, 0) is 6.54 Å². The lowest BCUT2D eigenvalue weighted by atomic mass is 10.2. The van der Waals surface area contributed by atoms with E-state index in [0.717, 1.165) is 18.8 Å². The summed E-state index contributed by atoms with van der Waals surface area (Å²) in [6.07, 6.45) is 1.83. The second kappa shape index (κ2) is 5.99. The lowest BCUT2D eigenvalue weighted by Gasteiger charge is -2.24. The lowest BCUT2D eigenvalue weighted by Crippen LogP contribution is -2.32. The van der Waals surface area contributed by atoms with Crippen molar-refractivity contribution in [3.05, 3.63) is 30.1 Å². The van der Waals surface area contributed by atoms with E-state index in [1.165, 1.54) is 0 Å². The number of alkyl halides is 1. The number of rotatable bonds is 5. The van der Waals surface area contributed by atoms with Crippen LogP contribution >= 0.6 is 11.6 Å². The van der Waals surface area contributed by atoms with Gasteiger partial charge in [-0.05, 0) is 26.0 Å². The number of pyridine rings is 1. The largest absolute Gasteiger partial charge is 0.294 e. The average Bonchev–Trinajstić information content (AvgIpc) is 2.18. The van der Waals surface area contributed by atoms with Crippen molar-refractivity contribution >= 4 is 11.6 Å². The predicted molar refractivity (Wildman–Crippen MR) is 60.5 cm³/mol. The fourth-order valence-electron chi connectivity index (χ4n) is 1.33. The van der Waals surface area contributed by atoms with Crippen molar-refractivity contribution in [1.82, 2.24) is 9.88 Å². The molecule has 1 rings (SSSR count). The lowest BCUT2D eigenvalue weighted by molar-refractivity contribution is 0.223. The summed E-state index contributed by atoms with van der Waals surface area (Å²) < 4.78 is 0. The second-order valence-electron chi connectivity index (χ2n) is 3.57. The fourth-order valence-corrected chi connectivity index (χ4v) is 1.55. The summed E-state index contributed by atoms with van der Waals surface area (Å²) in [5, 5.41) is 0.